The molecule has 13 heavy (non-hydrogen) atoms. The second-order valence-electron chi connectivity index (χ2n) is 4.54. The van der Waals surface area contributed by atoms with E-state index in [1.807, 2.05) is 18.3 Å². The van der Waals surface area contributed by atoms with Gasteiger partial charge < -0.3 is 16.5 Å². The maximum atomic E-state index is 6.04. The van der Waals surface area contributed by atoms with Crippen LogP contribution in [0.2, 0.25) is 0 Å². The van der Waals surface area contributed by atoms with Crippen molar-refractivity contribution in [3.05, 3.63) is 24.0 Å². The summed E-state index contributed by atoms with van der Waals surface area (Å²) in [4.78, 5) is 3.08. The normalized spacial score (nSPS) is 17.0. The summed E-state index contributed by atoms with van der Waals surface area (Å²) >= 11 is 0. The molecular formula is C10H19N3. The highest BCUT2D eigenvalue weighted by Gasteiger charge is 2.27. The van der Waals surface area contributed by atoms with E-state index in [2.05, 4.69) is 25.8 Å². The van der Waals surface area contributed by atoms with Crippen LogP contribution in [-0.4, -0.2) is 11.0 Å². The minimum Gasteiger partial charge on any atom is -0.364 e. The molecule has 3 nitrogen and oxygen atoms in total. The van der Waals surface area contributed by atoms with E-state index in [0.717, 1.165) is 5.69 Å². The molecule has 1 rings (SSSR count). The molecule has 0 bridgehead atoms. The van der Waals surface area contributed by atoms with Crippen molar-refractivity contribution in [1.82, 2.24) is 4.98 Å². The molecule has 0 amide bonds. The molecule has 74 valence electrons. The molecule has 0 spiro atoms. The van der Waals surface area contributed by atoms with Crippen molar-refractivity contribution >= 4 is 0 Å². The fourth-order valence-electron chi connectivity index (χ4n) is 1.28. The van der Waals surface area contributed by atoms with E-state index < -0.39 is 0 Å². The summed E-state index contributed by atoms with van der Waals surface area (Å²) in [5.41, 5.74) is 13.1. The maximum Gasteiger partial charge on any atom is 0.0606 e. The standard InChI is InChI=1S/C10H19N3/c1-10(2,3)9(12)8(11)7-5-4-6-13-7/h4-6,8-9,13H,11-12H2,1-3H3/t8-,9+/m0/s1. The van der Waals surface area contributed by atoms with Gasteiger partial charge in [0.2, 0.25) is 0 Å². The molecule has 0 saturated carbocycles. The van der Waals surface area contributed by atoms with Crippen molar-refractivity contribution in [2.75, 3.05) is 0 Å². The molecule has 5 N–H and O–H groups in total. The third-order valence-corrected chi connectivity index (χ3v) is 2.37. The second kappa shape index (κ2) is 3.52. The quantitative estimate of drug-likeness (QED) is 0.645. The molecule has 0 aromatic carbocycles. The molecule has 0 aliphatic rings. The van der Waals surface area contributed by atoms with Crippen molar-refractivity contribution in [2.45, 2.75) is 32.9 Å². The molecule has 0 aliphatic carbocycles. The summed E-state index contributed by atoms with van der Waals surface area (Å²) < 4.78 is 0. The van der Waals surface area contributed by atoms with Crippen molar-refractivity contribution < 1.29 is 0 Å². The van der Waals surface area contributed by atoms with Crippen LogP contribution in [-0.2, 0) is 0 Å². The van der Waals surface area contributed by atoms with Crippen LogP contribution in [0.15, 0.2) is 18.3 Å². The molecule has 3 heteroatoms. The Hall–Kier alpha value is -0.800. The van der Waals surface area contributed by atoms with Gasteiger partial charge in [0.1, 0.15) is 0 Å². The summed E-state index contributed by atoms with van der Waals surface area (Å²) in [5, 5.41) is 0. The highest BCUT2D eigenvalue weighted by molar-refractivity contribution is 5.12. The number of nitrogens with two attached hydrogens (primary N) is 2. The molecule has 0 fully saturated rings. The van der Waals surface area contributed by atoms with E-state index >= 15 is 0 Å². The maximum absolute atomic E-state index is 6.04. The summed E-state index contributed by atoms with van der Waals surface area (Å²) in [5.74, 6) is 0. The minimum absolute atomic E-state index is 0.0323. The van der Waals surface area contributed by atoms with Gasteiger partial charge in [0, 0.05) is 17.9 Å². The first-order chi connectivity index (χ1) is 5.93. The Balaban J connectivity index is 2.74. The fourth-order valence-corrected chi connectivity index (χ4v) is 1.28. The first-order valence-electron chi connectivity index (χ1n) is 4.57. The third kappa shape index (κ3) is 2.32. The molecule has 1 aromatic heterocycles. The van der Waals surface area contributed by atoms with Gasteiger partial charge in [0.15, 0.2) is 0 Å². The van der Waals surface area contributed by atoms with Crippen LogP contribution in [0.25, 0.3) is 0 Å². The van der Waals surface area contributed by atoms with E-state index in [-0.39, 0.29) is 17.5 Å². The average molecular weight is 181 g/mol. The molecule has 0 aliphatic heterocycles. The number of hydrogen-bond donors (Lipinski definition) is 3. The van der Waals surface area contributed by atoms with Gasteiger partial charge in [-0.05, 0) is 17.5 Å². The summed E-state index contributed by atoms with van der Waals surface area (Å²) in [6.07, 6.45) is 1.87. The van der Waals surface area contributed by atoms with Crippen LogP contribution in [0.5, 0.6) is 0 Å². The van der Waals surface area contributed by atoms with Crippen LogP contribution in [0.3, 0.4) is 0 Å². The van der Waals surface area contributed by atoms with E-state index in [1.165, 1.54) is 0 Å². The molecule has 2 atom stereocenters. The zero-order valence-electron chi connectivity index (χ0n) is 8.54. The Morgan fingerprint density at radius 1 is 1.31 bits per heavy atom. The van der Waals surface area contributed by atoms with E-state index in [4.69, 9.17) is 11.5 Å². The Bertz CT molecular complexity index is 246. The lowest BCUT2D eigenvalue weighted by Crippen LogP contribution is -2.44. The summed E-state index contributed by atoms with van der Waals surface area (Å²) in [6.45, 7) is 6.29. The number of H-pyrrole nitrogens is 1. The first-order valence-corrected chi connectivity index (χ1v) is 4.57. The number of hydrogen-bond acceptors (Lipinski definition) is 2. The monoisotopic (exact) mass is 181 g/mol. The van der Waals surface area contributed by atoms with Crippen LogP contribution in [0.1, 0.15) is 32.5 Å². The zero-order valence-corrected chi connectivity index (χ0v) is 8.54. The fraction of sp³-hybridized carbons (Fsp3) is 0.600. The Labute approximate surface area is 79.5 Å². The number of aromatic amines is 1. The lowest BCUT2D eigenvalue weighted by atomic mass is 9.82. The van der Waals surface area contributed by atoms with E-state index in [0.29, 0.717) is 0 Å². The van der Waals surface area contributed by atoms with Gasteiger partial charge in [-0.1, -0.05) is 20.8 Å². The molecule has 0 radical (unpaired) electrons. The molecule has 0 unspecified atom stereocenters. The highest BCUT2D eigenvalue weighted by atomic mass is 14.9. The lowest BCUT2D eigenvalue weighted by molar-refractivity contribution is 0.280. The van der Waals surface area contributed by atoms with Gasteiger partial charge in [0.05, 0.1) is 6.04 Å². The van der Waals surface area contributed by atoms with Gasteiger partial charge in [-0.3, -0.25) is 0 Å². The van der Waals surface area contributed by atoms with Crippen molar-refractivity contribution in [3.63, 3.8) is 0 Å². The predicted molar refractivity (Wildman–Crippen MR) is 55.2 cm³/mol. The smallest absolute Gasteiger partial charge is 0.0606 e. The SMILES string of the molecule is CC(C)(C)[C@H](N)[C@@H](N)c1ccc[nH]1. The topological polar surface area (TPSA) is 67.8 Å². The van der Waals surface area contributed by atoms with Crippen molar-refractivity contribution in [2.24, 2.45) is 16.9 Å². The molecule has 0 saturated heterocycles. The van der Waals surface area contributed by atoms with Gasteiger partial charge >= 0.3 is 0 Å². The number of nitrogens with one attached hydrogen (secondary N) is 1. The van der Waals surface area contributed by atoms with Gasteiger partial charge in [0.25, 0.3) is 0 Å². The second-order valence-corrected chi connectivity index (χ2v) is 4.54. The Morgan fingerprint density at radius 2 is 1.92 bits per heavy atom. The number of aromatic nitrogens is 1. The van der Waals surface area contributed by atoms with Gasteiger partial charge in [-0.15, -0.1) is 0 Å². The lowest BCUT2D eigenvalue weighted by Gasteiger charge is -2.31. The number of rotatable bonds is 2. The Morgan fingerprint density at radius 3 is 2.31 bits per heavy atom. The Kier molecular flexibility index (Phi) is 2.78. The van der Waals surface area contributed by atoms with E-state index in [1.54, 1.807) is 0 Å². The van der Waals surface area contributed by atoms with Gasteiger partial charge in [-0.2, -0.15) is 0 Å². The van der Waals surface area contributed by atoms with Gasteiger partial charge in [-0.25, -0.2) is 0 Å². The van der Waals surface area contributed by atoms with E-state index in [9.17, 15) is 0 Å². The largest absolute Gasteiger partial charge is 0.364 e. The van der Waals surface area contributed by atoms with Crippen LogP contribution in [0.4, 0.5) is 0 Å². The minimum atomic E-state index is -0.116. The van der Waals surface area contributed by atoms with Crippen molar-refractivity contribution in [1.29, 1.82) is 0 Å². The first kappa shape index (κ1) is 10.3. The molecular weight excluding hydrogens is 162 g/mol. The third-order valence-electron chi connectivity index (χ3n) is 2.37. The molecule has 1 heterocycles. The zero-order chi connectivity index (χ0) is 10.1. The highest BCUT2D eigenvalue weighted by Crippen LogP contribution is 2.25. The van der Waals surface area contributed by atoms with Crippen molar-refractivity contribution in [3.8, 4) is 0 Å². The van der Waals surface area contributed by atoms with Crippen LogP contribution < -0.4 is 11.5 Å². The molecule has 1 aromatic rings. The summed E-state index contributed by atoms with van der Waals surface area (Å²) in [6, 6.07) is 3.75. The summed E-state index contributed by atoms with van der Waals surface area (Å²) in [7, 11) is 0. The van der Waals surface area contributed by atoms with Crippen LogP contribution >= 0.6 is 0 Å². The predicted octanol–water partition coefficient (Wildman–Crippen LogP) is 1.39. The average Bonchev–Trinajstić information content (AvgIpc) is 2.51. The van der Waals surface area contributed by atoms with Crippen LogP contribution in [0, 0.1) is 5.41 Å².